The fraction of sp³-hybridized carbons (Fsp3) is 0.500. The third-order valence-corrected chi connectivity index (χ3v) is 5.02. The topological polar surface area (TPSA) is 69.6 Å². The number of nitrogens with zero attached hydrogens (tertiary/aromatic N) is 1. The summed E-state index contributed by atoms with van der Waals surface area (Å²) in [5.74, 6) is 0.445. The highest BCUT2D eigenvalue weighted by atomic mass is 16.3. The molecule has 0 bridgehead atoms. The predicted octanol–water partition coefficient (Wildman–Crippen LogP) is 2.83. The number of piperidine rings is 1. The lowest BCUT2D eigenvalue weighted by Crippen LogP contribution is -2.40. The van der Waals surface area contributed by atoms with Crippen molar-refractivity contribution < 1.29 is 14.7 Å². The molecule has 1 heterocycles. The lowest BCUT2D eigenvalue weighted by molar-refractivity contribution is -0.116. The van der Waals surface area contributed by atoms with Gasteiger partial charge < -0.3 is 15.3 Å². The SMILES string of the molecule is O=C(CC1C=CCC1)Nc1cccc(C(=O)N2CCCC(CO)C2)c1. The van der Waals surface area contributed by atoms with Gasteiger partial charge in [-0.25, -0.2) is 0 Å². The highest BCUT2D eigenvalue weighted by Gasteiger charge is 2.24. The van der Waals surface area contributed by atoms with Gasteiger partial charge in [0, 0.05) is 37.4 Å². The van der Waals surface area contributed by atoms with Gasteiger partial charge in [0.05, 0.1) is 0 Å². The van der Waals surface area contributed by atoms with Gasteiger partial charge in [-0.15, -0.1) is 0 Å². The summed E-state index contributed by atoms with van der Waals surface area (Å²) < 4.78 is 0. The number of aliphatic hydroxyl groups excluding tert-OH is 1. The number of benzene rings is 1. The fourth-order valence-corrected chi connectivity index (χ4v) is 3.63. The second-order valence-electron chi connectivity index (χ2n) is 7.04. The Morgan fingerprint density at radius 3 is 2.92 bits per heavy atom. The second-order valence-corrected chi connectivity index (χ2v) is 7.04. The van der Waals surface area contributed by atoms with Gasteiger partial charge in [-0.2, -0.15) is 0 Å². The molecule has 0 aromatic heterocycles. The number of amides is 2. The van der Waals surface area contributed by atoms with Crippen molar-refractivity contribution in [1.29, 1.82) is 0 Å². The average molecular weight is 342 g/mol. The van der Waals surface area contributed by atoms with Crippen LogP contribution in [0.15, 0.2) is 36.4 Å². The van der Waals surface area contributed by atoms with Crippen molar-refractivity contribution in [3.63, 3.8) is 0 Å². The number of likely N-dealkylation sites (tertiary alicyclic amines) is 1. The first-order valence-corrected chi connectivity index (χ1v) is 9.12. The minimum absolute atomic E-state index is 0.0144. The maximum absolute atomic E-state index is 12.7. The Hall–Kier alpha value is -2.14. The molecule has 1 aromatic rings. The highest BCUT2D eigenvalue weighted by Crippen LogP contribution is 2.22. The zero-order valence-electron chi connectivity index (χ0n) is 14.5. The Labute approximate surface area is 148 Å². The summed E-state index contributed by atoms with van der Waals surface area (Å²) in [6.45, 7) is 1.44. The Morgan fingerprint density at radius 2 is 2.16 bits per heavy atom. The second kappa shape index (κ2) is 8.30. The minimum atomic E-state index is -0.0343. The average Bonchev–Trinajstić information content (AvgIpc) is 3.14. The first kappa shape index (κ1) is 17.7. The fourth-order valence-electron chi connectivity index (χ4n) is 3.63. The molecule has 25 heavy (non-hydrogen) atoms. The molecule has 5 heteroatoms. The molecule has 1 aliphatic heterocycles. The summed E-state index contributed by atoms with van der Waals surface area (Å²) in [4.78, 5) is 26.7. The van der Waals surface area contributed by atoms with Crippen molar-refractivity contribution in [2.45, 2.75) is 32.1 Å². The van der Waals surface area contributed by atoms with Crippen LogP contribution < -0.4 is 5.32 Å². The monoisotopic (exact) mass is 342 g/mol. The molecule has 2 atom stereocenters. The molecular weight excluding hydrogens is 316 g/mol. The molecule has 0 spiro atoms. The normalized spacial score (nSPS) is 22.8. The van der Waals surface area contributed by atoms with E-state index in [1.807, 2.05) is 6.07 Å². The van der Waals surface area contributed by atoms with Crippen LogP contribution in [0, 0.1) is 11.8 Å². The Kier molecular flexibility index (Phi) is 5.87. The first-order chi connectivity index (χ1) is 12.2. The quantitative estimate of drug-likeness (QED) is 0.809. The zero-order chi connectivity index (χ0) is 17.6. The van der Waals surface area contributed by atoms with Crippen LogP contribution in [0.3, 0.4) is 0 Å². The van der Waals surface area contributed by atoms with Crippen molar-refractivity contribution in [3.05, 3.63) is 42.0 Å². The number of carbonyl (C=O) groups excluding carboxylic acids is 2. The van der Waals surface area contributed by atoms with Gasteiger partial charge in [-0.05, 0) is 55.7 Å². The number of hydrogen-bond acceptors (Lipinski definition) is 3. The number of nitrogens with one attached hydrogen (secondary N) is 1. The number of aliphatic hydroxyl groups is 1. The van der Waals surface area contributed by atoms with E-state index in [0.717, 1.165) is 32.2 Å². The van der Waals surface area contributed by atoms with E-state index in [-0.39, 0.29) is 24.3 Å². The maximum Gasteiger partial charge on any atom is 0.253 e. The van der Waals surface area contributed by atoms with Crippen LogP contribution in [0.25, 0.3) is 0 Å². The van der Waals surface area contributed by atoms with Crippen LogP contribution in [0.2, 0.25) is 0 Å². The number of hydrogen-bond donors (Lipinski definition) is 2. The van der Waals surface area contributed by atoms with Crippen LogP contribution >= 0.6 is 0 Å². The molecule has 2 aliphatic rings. The van der Waals surface area contributed by atoms with Crippen molar-refractivity contribution in [2.75, 3.05) is 25.0 Å². The highest BCUT2D eigenvalue weighted by molar-refractivity contribution is 5.97. The molecule has 1 saturated heterocycles. The zero-order valence-corrected chi connectivity index (χ0v) is 14.5. The standard InChI is InChI=1S/C20H26N2O3/c23-14-16-7-4-10-22(13-16)20(25)17-8-3-9-18(12-17)21-19(24)11-15-5-1-2-6-15/h1,3,5,8-9,12,15-16,23H,2,4,6-7,10-11,13-14H2,(H,21,24). The van der Waals surface area contributed by atoms with Crippen LogP contribution in [-0.2, 0) is 4.79 Å². The van der Waals surface area contributed by atoms with Crippen molar-refractivity contribution in [1.82, 2.24) is 4.90 Å². The van der Waals surface area contributed by atoms with E-state index >= 15 is 0 Å². The van der Waals surface area contributed by atoms with Crippen molar-refractivity contribution in [3.8, 4) is 0 Å². The lowest BCUT2D eigenvalue weighted by atomic mass is 9.98. The summed E-state index contributed by atoms with van der Waals surface area (Å²) in [6, 6.07) is 7.13. The molecule has 3 rings (SSSR count). The molecule has 2 amide bonds. The minimum Gasteiger partial charge on any atom is -0.396 e. The smallest absolute Gasteiger partial charge is 0.253 e. The number of anilines is 1. The molecule has 0 radical (unpaired) electrons. The molecule has 0 saturated carbocycles. The maximum atomic E-state index is 12.7. The van der Waals surface area contributed by atoms with Crippen LogP contribution in [0.5, 0.6) is 0 Å². The van der Waals surface area contributed by atoms with Crippen LogP contribution in [-0.4, -0.2) is 41.5 Å². The molecule has 5 nitrogen and oxygen atoms in total. The Bertz CT molecular complexity index is 656. The van der Waals surface area contributed by atoms with E-state index in [4.69, 9.17) is 0 Å². The molecule has 2 N–H and O–H groups in total. The van der Waals surface area contributed by atoms with Gasteiger partial charge in [-0.1, -0.05) is 18.2 Å². The molecule has 1 aliphatic carbocycles. The number of carbonyl (C=O) groups is 2. The van der Waals surface area contributed by atoms with Gasteiger partial charge in [0.15, 0.2) is 0 Å². The van der Waals surface area contributed by atoms with Crippen molar-refractivity contribution >= 4 is 17.5 Å². The number of rotatable bonds is 5. The van der Waals surface area contributed by atoms with Gasteiger partial charge >= 0.3 is 0 Å². The largest absolute Gasteiger partial charge is 0.396 e. The van der Waals surface area contributed by atoms with Crippen molar-refractivity contribution in [2.24, 2.45) is 11.8 Å². The lowest BCUT2D eigenvalue weighted by Gasteiger charge is -2.32. The van der Waals surface area contributed by atoms with E-state index in [2.05, 4.69) is 17.5 Å². The Balaban J connectivity index is 1.61. The van der Waals surface area contributed by atoms with Gasteiger partial charge in [0.25, 0.3) is 5.91 Å². The van der Waals surface area contributed by atoms with Gasteiger partial charge in [0.1, 0.15) is 0 Å². The molecule has 134 valence electrons. The van der Waals surface area contributed by atoms with Crippen LogP contribution in [0.1, 0.15) is 42.5 Å². The predicted molar refractivity (Wildman–Crippen MR) is 97.3 cm³/mol. The molecular formula is C20H26N2O3. The first-order valence-electron chi connectivity index (χ1n) is 9.12. The summed E-state index contributed by atoms with van der Waals surface area (Å²) in [6.07, 6.45) is 8.68. The number of allylic oxidation sites excluding steroid dienone is 2. The van der Waals surface area contributed by atoms with E-state index in [1.165, 1.54) is 0 Å². The van der Waals surface area contributed by atoms with Gasteiger partial charge in [-0.3, -0.25) is 9.59 Å². The third kappa shape index (κ3) is 4.69. The molecule has 2 unspecified atom stereocenters. The van der Waals surface area contributed by atoms with Crippen LogP contribution in [0.4, 0.5) is 5.69 Å². The van der Waals surface area contributed by atoms with E-state index in [9.17, 15) is 14.7 Å². The third-order valence-electron chi connectivity index (χ3n) is 5.02. The van der Waals surface area contributed by atoms with E-state index in [0.29, 0.717) is 30.1 Å². The summed E-state index contributed by atoms with van der Waals surface area (Å²) in [5.41, 5.74) is 1.24. The van der Waals surface area contributed by atoms with E-state index < -0.39 is 0 Å². The van der Waals surface area contributed by atoms with Gasteiger partial charge in [0.2, 0.25) is 5.91 Å². The summed E-state index contributed by atoms with van der Waals surface area (Å²) in [5, 5.41) is 12.2. The Morgan fingerprint density at radius 1 is 1.28 bits per heavy atom. The molecule has 1 fully saturated rings. The summed E-state index contributed by atoms with van der Waals surface area (Å²) in [7, 11) is 0. The molecule has 1 aromatic carbocycles. The van der Waals surface area contributed by atoms with E-state index in [1.54, 1.807) is 23.1 Å². The summed E-state index contributed by atoms with van der Waals surface area (Å²) >= 11 is 0.